The van der Waals surface area contributed by atoms with Crippen LogP contribution in [0, 0.1) is 5.92 Å². The van der Waals surface area contributed by atoms with Crippen LogP contribution in [0.25, 0.3) is 0 Å². The average Bonchev–Trinajstić information content (AvgIpc) is 2.02. The Morgan fingerprint density at radius 1 is 1.38 bits per heavy atom. The predicted octanol–water partition coefficient (Wildman–Crippen LogP) is 2.54. The zero-order chi connectivity index (χ0) is 10.3. The fourth-order valence-corrected chi connectivity index (χ4v) is 1.37. The Labute approximate surface area is 81.3 Å². The molecule has 0 radical (unpaired) electrons. The Morgan fingerprint density at radius 3 is 2.46 bits per heavy atom. The number of Topliss-reactive ketones (excluding diaryl/α,β-unsaturated/α-hetero) is 1. The molecule has 0 saturated carbocycles. The molecule has 1 N–H and O–H groups in total. The molecule has 0 amide bonds. The second kappa shape index (κ2) is 7.07. The monoisotopic (exact) mass is 186 g/mol. The van der Waals surface area contributed by atoms with Crippen LogP contribution in [-0.4, -0.2) is 17.0 Å². The van der Waals surface area contributed by atoms with Gasteiger partial charge < -0.3 is 5.11 Å². The van der Waals surface area contributed by atoms with Crippen molar-refractivity contribution in [1.29, 1.82) is 0 Å². The Hall–Kier alpha value is -0.370. The molecule has 0 aromatic heterocycles. The first-order chi connectivity index (χ1) is 6.06. The highest BCUT2D eigenvalue weighted by atomic mass is 16.3. The summed E-state index contributed by atoms with van der Waals surface area (Å²) in [5, 5.41) is 9.49. The van der Waals surface area contributed by atoms with E-state index >= 15 is 0 Å². The van der Waals surface area contributed by atoms with Crippen molar-refractivity contribution >= 4 is 5.78 Å². The maximum Gasteiger partial charge on any atom is 0.132 e. The lowest BCUT2D eigenvalue weighted by molar-refractivity contribution is -0.118. The summed E-state index contributed by atoms with van der Waals surface area (Å²) < 4.78 is 0. The lowest BCUT2D eigenvalue weighted by atomic mass is 10.0. The second-order valence-electron chi connectivity index (χ2n) is 4.07. The first-order valence-electron chi connectivity index (χ1n) is 5.26. The number of ketones is 1. The summed E-state index contributed by atoms with van der Waals surface area (Å²) in [4.78, 5) is 10.9. The lowest BCUT2D eigenvalue weighted by Gasteiger charge is -2.11. The van der Waals surface area contributed by atoms with E-state index < -0.39 is 0 Å². The van der Waals surface area contributed by atoms with Crippen molar-refractivity contribution in [2.24, 2.45) is 5.92 Å². The van der Waals surface area contributed by atoms with E-state index in [0.29, 0.717) is 24.5 Å². The average molecular weight is 186 g/mol. The van der Waals surface area contributed by atoms with E-state index in [-0.39, 0.29) is 6.10 Å². The van der Waals surface area contributed by atoms with E-state index in [2.05, 4.69) is 13.8 Å². The van der Waals surface area contributed by atoms with Crippen LogP contribution in [0.4, 0.5) is 0 Å². The van der Waals surface area contributed by atoms with Crippen LogP contribution in [0.1, 0.15) is 52.9 Å². The van der Waals surface area contributed by atoms with Crippen molar-refractivity contribution in [3.05, 3.63) is 0 Å². The quantitative estimate of drug-likeness (QED) is 0.663. The number of carbonyl (C=O) groups excluding carboxylic acids is 1. The molecular weight excluding hydrogens is 164 g/mol. The normalized spacial score (nSPS) is 13.3. The lowest BCUT2D eigenvalue weighted by Crippen LogP contribution is -2.10. The zero-order valence-electron chi connectivity index (χ0n) is 9.05. The largest absolute Gasteiger partial charge is 0.393 e. The summed E-state index contributed by atoms with van der Waals surface area (Å²) in [6, 6.07) is 0. The van der Waals surface area contributed by atoms with Gasteiger partial charge in [-0.05, 0) is 25.2 Å². The first-order valence-corrected chi connectivity index (χ1v) is 5.26. The van der Waals surface area contributed by atoms with Gasteiger partial charge in [0, 0.05) is 12.8 Å². The summed E-state index contributed by atoms with van der Waals surface area (Å²) in [5.74, 6) is 0.841. The third-order valence-corrected chi connectivity index (χ3v) is 2.13. The topological polar surface area (TPSA) is 37.3 Å². The summed E-state index contributed by atoms with van der Waals surface area (Å²) in [5.41, 5.74) is 0. The van der Waals surface area contributed by atoms with Crippen molar-refractivity contribution < 1.29 is 9.90 Å². The number of carbonyl (C=O) groups is 1. The van der Waals surface area contributed by atoms with Crippen LogP contribution < -0.4 is 0 Å². The van der Waals surface area contributed by atoms with Crippen molar-refractivity contribution in [3.8, 4) is 0 Å². The van der Waals surface area contributed by atoms with E-state index in [9.17, 15) is 9.90 Å². The van der Waals surface area contributed by atoms with Crippen LogP contribution in [0.5, 0.6) is 0 Å². The third kappa shape index (κ3) is 7.97. The van der Waals surface area contributed by atoms with Gasteiger partial charge in [0.05, 0.1) is 6.10 Å². The van der Waals surface area contributed by atoms with E-state index in [1.165, 1.54) is 0 Å². The molecule has 0 aromatic rings. The highest BCUT2D eigenvalue weighted by Crippen LogP contribution is 2.11. The molecule has 0 aliphatic carbocycles. The fourth-order valence-electron chi connectivity index (χ4n) is 1.37. The Kier molecular flexibility index (Phi) is 6.87. The Bertz CT molecular complexity index is 141. The number of aliphatic hydroxyl groups excluding tert-OH is 1. The molecule has 0 aromatic carbocycles. The van der Waals surface area contributed by atoms with Gasteiger partial charge >= 0.3 is 0 Å². The van der Waals surface area contributed by atoms with Gasteiger partial charge in [0.15, 0.2) is 0 Å². The minimum Gasteiger partial charge on any atom is -0.393 e. The molecule has 1 unspecified atom stereocenters. The molecule has 0 fully saturated rings. The van der Waals surface area contributed by atoms with Crippen molar-refractivity contribution in [2.75, 3.05) is 0 Å². The highest BCUT2D eigenvalue weighted by Gasteiger charge is 2.07. The van der Waals surface area contributed by atoms with Crippen molar-refractivity contribution in [3.63, 3.8) is 0 Å². The fraction of sp³-hybridized carbons (Fsp3) is 0.909. The van der Waals surface area contributed by atoms with Gasteiger partial charge in [-0.15, -0.1) is 0 Å². The number of hydrogen-bond acceptors (Lipinski definition) is 2. The maximum atomic E-state index is 10.9. The van der Waals surface area contributed by atoms with Gasteiger partial charge in [-0.1, -0.05) is 20.8 Å². The Morgan fingerprint density at radius 2 is 2.00 bits per heavy atom. The third-order valence-electron chi connectivity index (χ3n) is 2.13. The number of rotatable bonds is 7. The van der Waals surface area contributed by atoms with Gasteiger partial charge in [0.25, 0.3) is 0 Å². The summed E-state index contributed by atoms with van der Waals surface area (Å²) in [7, 11) is 0. The highest BCUT2D eigenvalue weighted by molar-refractivity contribution is 5.77. The summed E-state index contributed by atoms with van der Waals surface area (Å²) in [6.07, 6.45) is 3.49. The van der Waals surface area contributed by atoms with Crippen LogP contribution in [0.2, 0.25) is 0 Å². The summed E-state index contributed by atoms with van der Waals surface area (Å²) >= 11 is 0. The van der Waals surface area contributed by atoms with E-state index in [1.807, 2.05) is 6.92 Å². The summed E-state index contributed by atoms with van der Waals surface area (Å²) in [6.45, 7) is 6.08. The van der Waals surface area contributed by atoms with Crippen molar-refractivity contribution in [2.45, 2.75) is 59.0 Å². The van der Waals surface area contributed by atoms with Gasteiger partial charge in [-0.2, -0.15) is 0 Å². The van der Waals surface area contributed by atoms with Crippen LogP contribution >= 0.6 is 0 Å². The van der Waals surface area contributed by atoms with Crippen LogP contribution in [0.3, 0.4) is 0 Å². The minimum atomic E-state index is -0.218. The van der Waals surface area contributed by atoms with E-state index in [0.717, 1.165) is 19.3 Å². The van der Waals surface area contributed by atoms with Crippen molar-refractivity contribution in [1.82, 2.24) is 0 Å². The van der Waals surface area contributed by atoms with E-state index in [1.54, 1.807) is 0 Å². The molecular formula is C11H22O2. The first kappa shape index (κ1) is 12.6. The number of aliphatic hydroxyl groups is 1. The van der Waals surface area contributed by atoms with Crippen LogP contribution in [-0.2, 0) is 4.79 Å². The molecule has 0 bridgehead atoms. The molecule has 0 aliphatic heterocycles. The Balaban J connectivity index is 3.36. The SMILES string of the molecule is CCC(=O)CCCC(O)CC(C)C. The molecule has 13 heavy (non-hydrogen) atoms. The predicted molar refractivity (Wildman–Crippen MR) is 54.6 cm³/mol. The molecule has 2 heteroatoms. The molecule has 78 valence electrons. The molecule has 0 aliphatic rings. The standard InChI is InChI=1S/C11H22O2/c1-4-10(12)6-5-7-11(13)8-9(2)3/h9,11,13H,4-8H2,1-3H3. The minimum absolute atomic E-state index is 0.218. The van der Waals surface area contributed by atoms with Gasteiger partial charge in [0.2, 0.25) is 0 Å². The smallest absolute Gasteiger partial charge is 0.132 e. The zero-order valence-corrected chi connectivity index (χ0v) is 9.05. The van der Waals surface area contributed by atoms with E-state index in [4.69, 9.17) is 0 Å². The number of hydrogen-bond donors (Lipinski definition) is 1. The molecule has 2 nitrogen and oxygen atoms in total. The van der Waals surface area contributed by atoms with Gasteiger partial charge in [-0.3, -0.25) is 4.79 Å². The van der Waals surface area contributed by atoms with Gasteiger partial charge in [0.1, 0.15) is 5.78 Å². The molecule has 0 rings (SSSR count). The maximum absolute atomic E-state index is 10.9. The molecule has 0 spiro atoms. The molecule has 0 heterocycles. The van der Waals surface area contributed by atoms with Gasteiger partial charge in [-0.25, -0.2) is 0 Å². The molecule has 0 saturated heterocycles. The van der Waals surface area contributed by atoms with Crippen LogP contribution in [0.15, 0.2) is 0 Å². The second-order valence-corrected chi connectivity index (χ2v) is 4.07. The molecule has 1 atom stereocenters.